The topological polar surface area (TPSA) is 89.1 Å². The molecule has 0 unspecified atom stereocenters. The smallest absolute Gasteiger partial charge is 0.267 e. The van der Waals surface area contributed by atoms with Crippen LogP contribution in [0.2, 0.25) is 0 Å². The SMILES string of the molecule is CCN(CC)CCNC(=O)/C(=C\c1cc(OC)c(OC)c(OC)c1)NC(=O)c1ccccc1. The standard InChI is InChI=1S/C25H33N3O5/c1-6-28(7-2)14-13-26-25(30)20(27-24(29)19-11-9-8-10-12-19)15-18-16-21(31-3)23(33-5)22(17-18)32-4/h8-12,15-17H,6-7,13-14H2,1-5H3,(H,26,30)(H,27,29)/b20-15+. The molecular formula is C25H33N3O5. The summed E-state index contributed by atoms with van der Waals surface area (Å²) in [5.74, 6) is 0.557. The zero-order valence-electron chi connectivity index (χ0n) is 19.9. The van der Waals surface area contributed by atoms with Crippen LogP contribution in [0.1, 0.15) is 29.8 Å². The second-order valence-electron chi connectivity index (χ2n) is 7.12. The van der Waals surface area contributed by atoms with Crippen LogP contribution < -0.4 is 24.8 Å². The van der Waals surface area contributed by atoms with E-state index in [0.717, 1.165) is 13.1 Å². The molecule has 0 heterocycles. The van der Waals surface area contributed by atoms with Gasteiger partial charge >= 0.3 is 0 Å². The van der Waals surface area contributed by atoms with Gasteiger partial charge in [-0.1, -0.05) is 32.0 Å². The van der Waals surface area contributed by atoms with Crippen LogP contribution in [0.5, 0.6) is 17.2 Å². The number of ether oxygens (including phenoxy) is 3. The summed E-state index contributed by atoms with van der Waals surface area (Å²) in [7, 11) is 4.55. The third-order valence-electron chi connectivity index (χ3n) is 5.13. The average molecular weight is 456 g/mol. The lowest BCUT2D eigenvalue weighted by molar-refractivity contribution is -0.117. The van der Waals surface area contributed by atoms with Crippen LogP contribution in [0.3, 0.4) is 0 Å². The van der Waals surface area contributed by atoms with Gasteiger partial charge in [-0.15, -0.1) is 0 Å². The van der Waals surface area contributed by atoms with Gasteiger partial charge < -0.3 is 29.7 Å². The van der Waals surface area contributed by atoms with Gasteiger partial charge in [-0.3, -0.25) is 9.59 Å². The Morgan fingerprint density at radius 2 is 1.55 bits per heavy atom. The first-order chi connectivity index (χ1) is 16.0. The Labute approximate surface area is 195 Å². The Balaban J connectivity index is 2.36. The fourth-order valence-corrected chi connectivity index (χ4v) is 3.26. The number of likely N-dealkylation sites (N-methyl/N-ethyl adjacent to an activating group) is 1. The van der Waals surface area contributed by atoms with E-state index in [0.29, 0.717) is 41.5 Å². The third-order valence-corrected chi connectivity index (χ3v) is 5.13. The maximum atomic E-state index is 13.0. The summed E-state index contributed by atoms with van der Waals surface area (Å²) in [6.07, 6.45) is 1.58. The van der Waals surface area contributed by atoms with Gasteiger partial charge in [0.05, 0.1) is 21.3 Å². The van der Waals surface area contributed by atoms with Gasteiger partial charge in [0.2, 0.25) is 5.75 Å². The van der Waals surface area contributed by atoms with Gasteiger partial charge in [-0.25, -0.2) is 0 Å². The van der Waals surface area contributed by atoms with E-state index in [2.05, 4.69) is 29.4 Å². The number of methoxy groups -OCH3 is 3. The van der Waals surface area contributed by atoms with Crippen LogP contribution in [0.25, 0.3) is 6.08 Å². The van der Waals surface area contributed by atoms with Gasteiger partial charge in [0, 0.05) is 18.7 Å². The predicted molar refractivity (Wildman–Crippen MR) is 129 cm³/mol. The first kappa shape index (κ1) is 25.7. The average Bonchev–Trinajstić information content (AvgIpc) is 2.85. The summed E-state index contributed by atoms with van der Waals surface area (Å²) in [6, 6.07) is 12.1. The molecule has 2 aromatic carbocycles. The lowest BCUT2D eigenvalue weighted by atomic mass is 10.1. The molecule has 0 aliphatic rings. The summed E-state index contributed by atoms with van der Waals surface area (Å²) in [5, 5.41) is 5.62. The van der Waals surface area contributed by atoms with Crippen molar-refractivity contribution in [2.45, 2.75) is 13.8 Å². The highest BCUT2D eigenvalue weighted by molar-refractivity contribution is 6.05. The van der Waals surface area contributed by atoms with Crippen molar-refractivity contribution in [2.24, 2.45) is 0 Å². The van der Waals surface area contributed by atoms with Crippen molar-refractivity contribution >= 4 is 17.9 Å². The zero-order valence-corrected chi connectivity index (χ0v) is 19.9. The fraction of sp³-hybridized carbons (Fsp3) is 0.360. The van der Waals surface area contributed by atoms with Gasteiger partial charge in [0.25, 0.3) is 11.8 Å². The van der Waals surface area contributed by atoms with Gasteiger partial charge in [0.1, 0.15) is 5.70 Å². The summed E-state index contributed by atoms with van der Waals surface area (Å²) >= 11 is 0. The molecule has 8 nitrogen and oxygen atoms in total. The molecule has 0 aliphatic carbocycles. The minimum atomic E-state index is -0.389. The van der Waals surface area contributed by atoms with Crippen molar-refractivity contribution in [1.29, 1.82) is 0 Å². The molecule has 8 heteroatoms. The van der Waals surface area contributed by atoms with E-state index in [1.54, 1.807) is 42.5 Å². The zero-order chi connectivity index (χ0) is 24.2. The van der Waals surface area contributed by atoms with Crippen LogP contribution >= 0.6 is 0 Å². The summed E-state index contributed by atoms with van der Waals surface area (Å²) < 4.78 is 16.2. The molecule has 2 N–H and O–H groups in total. The van der Waals surface area contributed by atoms with E-state index in [-0.39, 0.29) is 17.5 Å². The van der Waals surface area contributed by atoms with Gasteiger partial charge in [-0.05, 0) is 49.0 Å². The molecule has 0 bridgehead atoms. The number of nitrogens with zero attached hydrogens (tertiary/aromatic N) is 1. The van der Waals surface area contributed by atoms with E-state index in [1.807, 2.05) is 6.07 Å². The number of hydrogen-bond acceptors (Lipinski definition) is 6. The van der Waals surface area contributed by atoms with Crippen LogP contribution in [0.4, 0.5) is 0 Å². The number of benzene rings is 2. The van der Waals surface area contributed by atoms with Gasteiger partial charge in [-0.2, -0.15) is 0 Å². The Bertz CT molecular complexity index is 931. The molecule has 33 heavy (non-hydrogen) atoms. The molecule has 0 saturated carbocycles. The molecule has 0 atom stereocenters. The highest BCUT2D eigenvalue weighted by Gasteiger charge is 2.17. The molecule has 2 amide bonds. The maximum Gasteiger partial charge on any atom is 0.267 e. The fourth-order valence-electron chi connectivity index (χ4n) is 3.26. The second-order valence-corrected chi connectivity index (χ2v) is 7.12. The van der Waals surface area contributed by atoms with E-state index in [1.165, 1.54) is 21.3 Å². The minimum absolute atomic E-state index is 0.109. The summed E-state index contributed by atoms with van der Waals surface area (Å²) in [6.45, 7) is 7.09. The van der Waals surface area contributed by atoms with Crippen LogP contribution in [-0.2, 0) is 4.79 Å². The summed E-state index contributed by atoms with van der Waals surface area (Å²) in [5.41, 5.74) is 1.16. The Morgan fingerprint density at radius 1 is 0.939 bits per heavy atom. The molecule has 0 aliphatic heterocycles. The normalized spacial score (nSPS) is 11.2. The van der Waals surface area contributed by atoms with Crippen molar-refractivity contribution in [2.75, 3.05) is 47.5 Å². The Hall–Kier alpha value is -3.52. The Kier molecular flexibility index (Phi) is 10.2. The van der Waals surface area contributed by atoms with Crippen molar-refractivity contribution < 1.29 is 23.8 Å². The second kappa shape index (κ2) is 13.1. The summed E-state index contributed by atoms with van der Waals surface area (Å²) in [4.78, 5) is 28.0. The number of nitrogens with one attached hydrogen (secondary N) is 2. The number of hydrogen-bond donors (Lipinski definition) is 2. The van der Waals surface area contributed by atoms with Crippen molar-refractivity contribution in [3.8, 4) is 17.2 Å². The largest absolute Gasteiger partial charge is 0.493 e. The third kappa shape index (κ3) is 7.25. The molecule has 0 saturated heterocycles. The first-order valence-electron chi connectivity index (χ1n) is 10.9. The van der Waals surface area contributed by atoms with E-state index in [9.17, 15) is 9.59 Å². The van der Waals surface area contributed by atoms with E-state index >= 15 is 0 Å². The number of rotatable bonds is 12. The molecule has 0 fully saturated rings. The van der Waals surface area contributed by atoms with Crippen LogP contribution in [0, 0.1) is 0 Å². The first-order valence-corrected chi connectivity index (χ1v) is 10.9. The lowest BCUT2D eigenvalue weighted by Gasteiger charge is -2.18. The molecule has 2 rings (SSSR count). The lowest BCUT2D eigenvalue weighted by Crippen LogP contribution is -2.39. The number of carbonyl (C=O) groups is 2. The van der Waals surface area contributed by atoms with Crippen molar-refractivity contribution in [3.05, 3.63) is 59.3 Å². The van der Waals surface area contributed by atoms with Crippen molar-refractivity contribution in [3.63, 3.8) is 0 Å². The highest BCUT2D eigenvalue weighted by Crippen LogP contribution is 2.38. The monoisotopic (exact) mass is 455 g/mol. The molecule has 2 aromatic rings. The predicted octanol–water partition coefficient (Wildman–Crippen LogP) is 2.94. The molecule has 0 radical (unpaired) electrons. The highest BCUT2D eigenvalue weighted by atomic mass is 16.5. The quantitative estimate of drug-likeness (QED) is 0.479. The molecular weight excluding hydrogens is 422 g/mol. The van der Waals surface area contributed by atoms with Gasteiger partial charge in [0.15, 0.2) is 11.5 Å². The minimum Gasteiger partial charge on any atom is -0.493 e. The van der Waals surface area contributed by atoms with E-state index < -0.39 is 0 Å². The molecule has 0 spiro atoms. The van der Waals surface area contributed by atoms with Crippen molar-refractivity contribution in [1.82, 2.24) is 15.5 Å². The number of carbonyl (C=O) groups excluding carboxylic acids is 2. The molecule has 178 valence electrons. The van der Waals surface area contributed by atoms with Crippen LogP contribution in [-0.4, -0.2) is 64.2 Å². The Morgan fingerprint density at radius 3 is 2.06 bits per heavy atom. The molecule has 0 aromatic heterocycles. The number of amides is 2. The van der Waals surface area contributed by atoms with E-state index in [4.69, 9.17) is 14.2 Å². The van der Waals surface area contributed by atoms with Crippen LogP contribution in [0.15, 0.2) is 48.2 Å². The maximum absolute atomic E-state index is 13.0.